The first-order valence-electron chi connectivity index (χ1n) is 9.75. The summed E-state index contributed by atoms with van der Waals surface area (Å²) in [5.74, 6) is 0. The van der Waals surface area contributed by atoms with E-state index < -0.39 is 10.0 Å². The molecule has 2 heterocycles. The molecule has 1 atom stereocenters. The molecule has 1 aliphatic heterocycles. The molecule has 1 aliphatic rings. The highest BCUT2D eigenvalue weighted by Gasteiger charge is 2.38. The maximum absolute atomic E-state index is 13.5. The first-order valence-corrected chi connectivity index (χ1v) is 11.2. The molecule has 1 aromatic heterocycles. The number of hydrogen-bond acceptors (Lipinski definition) is 3. The second-order valence-electron chi connectivity index (χ2n) is 8.52. The van der Waals surface area contributed by atoms with Gasteiger partial charge in [0.15, 0.2) is 0 Å². The van der Waals surface area contributed by atoms with Crippen LogP contribution in [0.5, 0.6) is 0 Å². The first-order chi connectivity index (χ1) is 12.6. The van der Waals surface area contributed by atoms with Gasteiger partial charge in [-0.3, -0.25) is 4.68 Å². The fourth-order valence-corrected chi connectivity index (χ4v) is 6.25. The fourth-order valence-electron chi connectivity index (χ4n) is 4.16. The van der Waals surface area contributed by atoms with E-state index in [1.54, 1.807) is 11.2 Å². The van der Waals surface area contributed by atoms with E-state index in [9.17, 15) is 8.42 Å². The molecule has 0 radical (unpaired) electrons. The van der Waals surface area contributed by atoms with Crippen LogP contribution in [-0.4, -0.2) is 35.1 Å². The lowest BCUT2D eigenvalue weighted by Crippen LogP contribution is -2.36. The summed E-state index contributed by atoms with van der Waals surface area (Å²) >= 11 is 0. The zero-order valence-corrected chi connectivity index (χ0v) is 17.9. The Labute approximate surface area is 163 Å². The van der Waals surface area contributed by atoms with Gasteiger partial charge in [0.25, 0.3) is 0 Å². The number of aryl methyl sites for hydroxylation is 2. The molecule has 3 rings (SSSR count). The maximum atomic E-state index is 13.5. The lowest BCUT2D eigenvalue weighted by atomic mass is 10.0. The van der Waals surface area contributed by atoms with Gasteiger partial charge in [0.2, 0.25) is 10.0 Å². The Hall–Kier alpha value is -1.66. The summed E-state index contributed by atoms with van der Waals surface area (Å²) in [6, 6.07) is 10.4. The summed E-state index contributed by atoms with van der Waals surface area (Å²) in [6.45, 7) is 10.4. The van der Waals surface area contributed by atoms with Gasteiger partial charge in [-0.25, -0.2) is 8.42 Å². The monoisotopic (exact) mass is 389 g/mol. The third-order valence-corrected chi connectivity index (χ3v) is 7.56. The Bertz CT molecular complexity index is 895. The van der Waals surface area contributed by atoms with Crippen LogP contribution in [0.15, 0.2) is 35.2 Å². The highest BCUT2D eigenvalue weighted by molar-refractivity contribution is 7.89. The maximum Gasteiger partial charge on any atom is 0.246 e. The zero-order chi connectivity index (χ0) is 19.8. The SMILES string of the molecule is Cc1nn(C(C)(C)C)c(C)c1S(=O)(=O)N1CCCC1CCc1ccccc1. The van der Waals surface area contributed by atoms with Crippen LogP contribution in [0.3, 0.4) is 0 Å². The van der Waals surface area contributed by atoms with Crippen molar-refractivity contribution in [1.82, 2.24) is 14.1 Å². The van der Waals surface area contributed by atoms with E-state index >= 15 is 0 Å². The van der Waals surface area contributed by atoms with Gasteiger partial charge in [0.05, 0.1) is 16.9 Å². The number of nitrogens with zero attached hydrogens (tertiary/aromatic N) is 3. The molecule has 5 nitrogen and oxygen atoms in total. The molecule has 0 bridgehead atoms. The minimum atomic E-state index is -3.54. The molecule has 0 N–H and O–H groups in total. The summed E-state index contributed by atoms with van der Waals surface area (Å²) in [5, 5.41) is 4.55. The predicted octanol–water partition coefficient (Wildman–Crippen LogP) is 4.04. The van der Waals surface area contributed by atoms with Crippen LogP contribution in [0, 0.1) is 13.8 Å². The highest BCUT2D eigenvalue weighted by Crippen LogP contribution is 2.33. The van der Waals surface area contributed by atoms with Crippen LogP contribution in [0.1, 0.15) is 57.0 Å². The predicted molar refractivity (Wildman–Crippen MR) is 108 cm³/mol. The topological polar surface area (TPSA) is 55.2 Å². The van der Waals surface area contributed by atoms with Crippen molar-refractivity contribution in [2.24, 2.45) is 0 Å². The number of rotatable bonds is 5. The van der Waals surface area contributed by atoms with Crippen molar-refractivity contribution in [2.75, 3.05) is 6.54 Å². The van der Waals surface area contributed by atoms with E-state index in [1.165, 1.54) is 5.56 Å². The van der Waals surface area contributed by atoms with E-state index in [0.29, 0.717) is 17.1 Å². The van der Waals surface area contributed by atoms with E-state index in [4.69, 9.17) is 0 Å². The van der Waals surface area contributed by atoms with Crippen molar-refractivity contribution in [3.63, 3.8) is 0 Å². The van der Waals surface area contributed by atoms with Crippen molar-refractivity contribution in [3.05, 3.63) is 47.3 Å². The molecule has 0 aliphatic carbocycles. The van der Waals surface area contributed by atoms with Gasteiger partial charge < -0.3 is 0 Å². The molecule has 0 amide bonds. The van der Waals surface area contributed by atoms with Crippen molar-refractivity contribution in [3.8, 4) is 0 Å². The Morgan fingerprint density at radius 1 is 1.15 bits per heavy atom. The van der Waals surface area contributed by atoms with Crippen LogP contribution < -0.4 is 0 Å². The van der Waals surface area contributed by atoms with Gasteiger partial charge in [0, 0.05) is 12.6 Å². The zero-order valence-electron chi connectivity index (χ0n) is 17.1. The summed E-state index contributed by atoms with van der Waals surface area (Å²) in [7, 11) is -3.54. The Morgan fingerprint density at radius 2 is 1.81 bits per heavy atom. The summed E-state index contributed by atoms with van der Waals surface area (Å²) in [5.41, 5.74) is 2.33. The van der Waals surface area contributed by atoms with Crippen LogP contribution in [-0.2, 0) is 22.0 Å². The van der Waals surface area contributed by atoms with Crippen molar-refractivity contribution in [1.29, 1.82) is 0 Å². The average Bonchev–Trinajstić information content (AvgIpc) is 3.18. The molecule has 1 aromatic carbocycles. The second kappa shape index (κ2) is 7.40. The molecule has 1 unspecified atom stereocenters. The Balaban J connectivity index is 1.87. The number of sulfonamides is 1. The molecule has 148 valence electrons. The van der Waals surface area contributed by atoms with Crippen LogP contribution in [0.25, 0.3) is 0 Å². The Kier molecular flexibility index (Phi) is 5.50. The molecular weight excluding hydrogens is 358 g/mol. The number of hydrogen-bond donors (Lipinski definition) is 0. The highest BCUT2D eigenvalue weighted by atomic mass is 32.2. The van der Waals surface area contributed by atoms with Crippen molar-refractivity contribution < 1.29 is 8.42 Å². The van der Waals surface area contributed by atoms with Gasteiger partial charge >= 0.3 is 0 Å². The smallest absolute Gasteiger partial charge is 0.246 e. The number of benzene rings is 1. The fraction of sp³-hybridized carbons (Fsp3) is 0.571. The minimum Gasteiger partial charge on any atom is -0.263 e. The lowest BCUT2D eigenvalue weighted by molar-refractivity contribution is 0.345. The first kappa shape index (κ1) is 20.1. The van der Waals surface area contributed by atoms with E-state index in [0.717, 1.165) is 31.4 Å². The van der Waals surface area contributed by atoms with E-state index in [2.05, 4.69) is 17.2 Å². The second-order valence-corrected chi connectivity index (χ2v) is 10.3. The van der Waals surface area contributed by atoms with Gasteiger partial charge in [-0.1, -0.05) is 30.3 Å². The van der Waals surface area contributed by atoms with Gasteiger partial charge in [-0.15, -0.1) is 0 Å². The number of aromatic nitrogens is 2. The largest absolute Gasteiger partial charge is 0.263 e. The summed E-state index contributed by atoms with van der Waals surface area (Å²) < 4.78 is 30.6. The molecule has 27 heavy (non-hydrogen) atoms. The average molecular weight is 390 g/mol. The van der Waals surface area contributed by atoms with Crippen LogP contribution in [0.4, 0.5) is 0 Å². The summed E-state index contributed by atoms with van der Waals surface area (Å²) in [6.07, 6.45) is 3.60. The van der Waals surface area contributed by atoms with Gasteiger partial charge in [-0.2, -0.15) is 9.40 Å². The standard InChI is InChI=1S/C21H31N3O2S/c1-16-20(17(2)24(22-16)21(3,4)5)27(25,26)23-15-9-12-19(23)14-13-18-10-7-6-8-11-18/h6-8,10-11,19H,9,12-15H2,1-5H3. The lowest BCUT2D eigenvalue weighted by Gasteiger charge is -2.25. The third-order valence-electron chi connectivity index (χ3n) is 5.36. The molecule has 0 spiro atoms. The molecule has 6 heteroatoms. The van der Waals surface area contributed by atoms with E-state index in [1.807, 2.05) is 50.6 Å². The van der Waals surface area contributed by atoms with Crippen LogP contribution >= 0.6 is 0 Å². The third kappa shape index (κ3) is 3.97. The quantitative estimate of drug-likeness (QED) is 0.775. The van der Waals surface area contributed by atoms with Gasteiger partial charge in [-0.05, 0) is 65.9 Å². The minimum absolute atomic E-state index is 0.0620. The van der Waals surface area contributed by atoms with E-state index in [-0.39, 0.29) is 11.6 Å². The molecular formula is C21H31N3O2S. The normalized spacial score (nSPS) is 18.9. The molecule has 1 fully saturated rings. The van der Waals surface area contributed by atoms with Crippen molar-refractivity contribution >= 4 is 10.0 Å². The molecule has 2 aromatic rings. The molecule has 1 saturated heterocycles. The van der Waals surface area contributed by atoms with Gasteiger partial charge in [0.1, 0.15) is 4.90 Å². The summed E-state index contributed by atoms with van der Waals surface area (Å²) in [4.78, 5) is 0.393. The Morgan fingerprint density at radius 3 is 2.41 bits per heavy atom. The van der Waals surface area contributed by atoms with Crippen LogP contribution in [0.2, 0.25) is 0 Å². The molecule has 0 saturated carbocycles. The van der Waals surface area contributed by atoms with Crippen molar-refractivity contribution in [2.45, 2.75) is 76.8 Å².